The Balaban J connectivity index is 0.000000745. The molecule has 0 aliphatic carbocycles. The highest BCUT2D eigenvalue weighted by molar-refractivity contribution is 7.90. The van der Waals surface area contributed by atoms with Crippen molar-refractivity contribution in [3.05, 3.63) is 23.8 Å². The van der Waals surface area contributed by atoms with E-state index in [0.717, 1.165) is 24.2 Å². The average molecular weight is 327 g/mol. The number of ether oxygens (including phenoxy) is 1. The smallest absolute Gasteiger partial charge is 0.175 e. The van der Waals surface area contributed by atoms with Gasteiger partial charge < -0.3 is 4.74 Å². The van der Waals surface area contributed by atoms with Crippen LogP contribution in [0.4, 0.5) is 0 Å². The Hall–Kier alpha value is -1.03. The van der Waals surface area contributed by atoms with Crippen LogP contribution in [0.1, 0.15) is 59.9 Å². The summed E-state index contributed by atoms with van der Waals surface area (Å²) in [7, 11) is -3.17. The molecule has 0 aromatic heterocycles. The lowest BCUT2D eigenvalue weighted by atomic mass is 9.78. The lowest BCUT2D eigenvalue weighted by Crippen LogP contribution is -2.32. The van der Waals surface area contributed by atoms with E-state index >= 15 is 0 Å². The van der Waals surface area contributed by atoms with Crippen LogP contribution in [0.15, 0.2) is 23.1 Å². The van der Waals surface area contributed by atoms with Gasteiger partial charge >= 0.3 is 0 Å². The molecule has 1 heterocycles. The van der Waals surface area contributed by atoms with Crippen molar-refractivity contribution in [1.29, 1.82) is 0 Å². The largest absolute Gasteiger partial charge is 0.488 e. The molecular weight excluding hydrogens is 296 g/mol. The number of benzene rings is 1. The summed E-state index contributed by atoms with van der Waals surface area (Å²) >= 11 is 0. The number of hydrogen-bond acceptors (Lipinski definition) is 3. The van der Waals surface area contributed by atoms with Crippen molar-refractivity contribution in [2.24, 2.45) is 5.41 Å². The molecule has 0 radical (unpaired) electrons. The zero-order valence-electron chi connectivity index (χ0n) is 15.0. The molecule has 1 aromatic carbocycles. The van der Waals surface area contributed by atoms with Gasteiger partial charge in [-0.25, -0.2) is 8.42 Å². The molecule has 1 aliphatic rings. The van der Waals surface area contributed by atoms with Gasteiger partial charge in [-0.2, -0.15) is 0 Å². The second-order valence-corrected chi connectivity index (χ2v) is 9.64. The monoisotopic (exact) mass is 326 g/mol. The van der Waals surface area contributed by atoms with Gasteiger partial charge in [0.05, 0.1) is 4.90 Å². The second kappa shape index (κ2) is 6.61. The first-order chi connectivity index (χ1) is 9.90. The van der Waals surface area contributed by atoms with Crippen LogP contribution in [0.5, 0.6) is 5.75 Å². The van der Waals surface area contributed by atoms with E-state index in [1.54, 1.807) is 18.2 Å². The van der Waals surface area contributed by atoms with Gasteiger partial charge in [-0.15, -0.1) is 0 Å². The number of hydrogen-bond donors (Lipinski definition) is 0. The molecule has 0 bridgehead atoms. The standard InChI is InChI=1S/C15H22O3S.C3H8/c1-14(2)9-11-8-12(19(5,16)17)6-7-13(11)18-15(3,4)10-14;1-3-2/h6-8H,9-10H2,1-5H3;3H2,1-2H3. The van der Waals surface area contributed by atoms with E-state index in [1.807, 2.05) is 0 Å². The fourth-order valence-electron chi connectivity index (χ4n) is 3.09. The van der Waals surface area contributed by atoms with E-state index in [2.05, 4.69) is 41.5 Å². The molecule has 0 saturated heterocycles. The van der Waals surface area contributed by atoms with Gasteiger partial charge in [0, 0.05) is 6.26 Å². The van der Waals surface area contributed by atoms with Gasteiger partial charge in [-0.3, -0.25) is 0 Å². The van der Waals surface area contributed by atoms with Gasteiger partial charge in [-0.1, -0.05) is 34.1 Å². The molecule has 1 aliphatic heterocycles. The van der Waals surface area contributed by atoms with Crippen LogP contribution in [0.2, 0.25) is 0 Å². The lowest BCUT2D eigenvalue weighted by Gasteiger charge is -2.31. The molecule has 0 amide bonds. The summed E-state index contributed by atoms with van der Waals surface area (Å²) in [5, 5.41) is 0. The fraction of sp³-hybridized carbons (Fsp3) is 0.667. The average Bonchev–Trinajstić information content (AvgIpc) is 2.37. The predicted octanol–water partition coefficient (Wildman–Crippen LogP) is 4.64. The summed E-state index contributed by atoms with van der Waals surface area (Å²) in [5.41, 5.74) is 0.838. The highest BCUT2D eigenvalue weighted by Crippen LogP contribution is 2.41. The van der Waals surface area contributed by atoms with E-state index in [1.165, 1.54) is 12.7 Å². The molecule has 22 heavy (non-hydrogen) atoms. The van der Waals surface area contributed by atoms with Crippen LogP contribution >= 0.6 is 0 Å². The highest BCUT2D eigenvalue weighted by Gasteiger charge is 2.35. The van der Waals surface area contributed by atoms with E-state index < -0.39 is 9.84 Å². The third-order valence-corrected chi connectivity index (χ3v) is 4.53. The highest BCUT2D eigenvalue weighted by atomic mass is 32.2. The maximum atomic E-state index is 11.7. The third kappa shape index (κ3) is 5.31. The van der Waals surface area contributed by atoms with Crippen LogP contribution in [-0.2, 0) is 16.3 Å². The number of fused-ring (bicyclic) bond motifs is 1. The SMILES string of the molecule is CC1(C)Cc2cc(S(C)(=O)=O)ccc2OC(C)(C)C1.CCC. The normalized spacial score (nSPS) is 19.0. The van der Waals surface area contributed by atoms with Crippen molar-refractivity contribution in [2.75, 3.05) is 6.26 Å². The zero-order chi connectivity index (χ0) is 17.2. The molecule has 0 N–H and O–H groups in total. The van der Waals surface area contributed by atoms with Crippen LogP contribution in [0, 0.1) is 5.41 Å². The Labute approximate surface area is 136 Å². The van der Waals surface area contributed by atoms with Gasteiger partial charge in [0.25, 0.3) is 0 Å². The Bertz CT molecular complexity index is 613. The fourth-order valence-corrected chi connectivity index (χ4v) is 3.76. The van der Waals surface area contributed by atoms with Crippen molar-refractivity contribution in [3.63, 3.8) is 0 Å². The van der Waals surface area contributed by atoms with Crippen molar-refractivity contribution < 1.29 is 13.2 Å². The summed E-state index contributed by atoms with van der Waals surface area (Å²) < 4.78 is 29.4. The summed E-state index contributed by atoms with van der Waals surface area (Å²) in [6.07, 6.45) is 4.25. The molecular formula is C18H30O3S. The summed E-state index contributed by atoms with van der Waals surface area (Å²) in [4.78, 5) is 0.366. The molecule has 0 unspecified atom stereocenters. The molecule has 0 saturated carbocycles. The lowest BCUT2D eigenvalue weighted by molar-refractivity contribution is 0.0687. The number of sulfone groups is 1. The minimum absolute atomic E-state index is 0.0882. The minimum atomic E-state index is -3.17. The van der Waals surface area contributed by atoms with Gasteiger partial charge in [0.15, 0.2) is 9.84 Å². The third-order valence-electron chi connectivity index (χ3n) is 3.42. The Morgan fingerprint density at radius 1 is 1.14 bits per heavy atom. The Kier molecular flexibility index (Phi) is 5.71. The summed E-state index contributed by atoms with van der Waals surface area (Å²) in [6.45, 7) is 12.8. The molecule has 0 spiro atoms. The van der Waals surface area contributed by atoms with Crippen LogP contribution in [0.3, 0.4) is 0 Å². The molecule has 4 heteroatoms. The molecule has 2 rings (SSSR count). The van der Waals surface area contributed by atoms with E-state index in [0.29, 0.717) is 4.90 Å². The first-order valence-electron chi connectivity index (χ1n) is 7.92. The first kappa shape index (κ1) is 19.0. The second-order valence-electron chi connectivity index (χ2n) is 7.63. The van der Waals surface area contributed by atoms with Crippen molar-refractivity contribution in [1.82, 2.24) is 0 Å². The Morgan fingerprint density at radius 2 is 1.68 bits per heavy atom. The van der Waals surface area contributed by atoms with E-state index in [9.17, 15) is 8.42 Å². The molecule has 126 valence electrons. The molecule has 0 fully saturated rings. The molecule has 1 aromatic rings. The summed E-state index contributed by atoms with van der Waals surface area (Å²) in [6, 6.07) is 5.17. The minimum Gasteiger partial charge on any atom is -0.488 e. The maximum Gasteiger partial charge on any atom is 0.175 e. The van der Waals surface area contributed by atoms with Crippen molar-refractivity contribution >= 4 is 9.84 Å². The van der Waals surface area contributed by atoms with Crippen LogP contribution in [-0.4, -0.2) is 20.3 Å². The van der Waals surface area contributed by atoms with Crippen molar-refractivity contribution in [3.8, 4) is 5.75 Å². The van der Waals surface area contributed by atoms with Crippen LogP contribution < -0.4 is 4.74 Å². The molecule has 3 nitrogen and oxygen atoms in total. The summed E-state index contributed by atoms with van der Waals surface area (Å²) in [5.74, 6) is 0.808. The first-order valence-corrected chi connectivity index (χ1v) is 9.81. The quantitative estimate of drug-likeness (QED) is 0.755. The molecule has 0 atom stereocenters. The zero-order valence-corrected chi connectivity index (χ0v) is 15.8. The van der Waals surface area contributed by atoms with Crippen LogP contribution in [0.25, 0.3) is 0 Å². The van der Waals surface area contributed by atoms with E-state index in [4.69, 9.17) is 4.74 Å². The maximum absolute atomic E-state index is 11.7. The van der Waals surface area contributed by atoms with Crippen molar-refractivity contribution in [2.45, 2.75) is 71.3 Å². The topological polar surface area (TPSA) is 43.4 Å². The van der Waals surface area contributed by atoms with Gasteiger partial charge in [0.1, 0.15) is 11.4 Å². The predicted molar refractivity (Wildman–Crippen MR) is 92.3 cm³/mol. The number of rotatable bonds is 1. The van der Waals surface area contributed by atoms with Gasteiger partial charge in [-0.05, 0) is 55.9 Å². The van der Waals surface area contributed by atoms with Gasteiger partial charge in [0.2, 0.25) is 0 Å². The Morgan fingerprint density at radius 3 is 2.18 bits per heavy atom. The van der Waals surface area contributed by atoms with E-state index in [-0.39, 0.29) is 11.0 Å².